The van der Waals surface area contributed by atoms with Crippen molar-refractivity contribution >= 4 is 35.3 Å². The minimum absolute atomic E-state index is 0.00514. The average molecular weight is 637 g/mol. The molecule has 1 amide bonds. The van der Waals surface area contributed by atoms with Gasteiger partial charge in [-0.1, -0.05) is 6.07 Å². The zero-order chi connectivity index (χ0) is 32.8. The Morgan fingerprint density at radius 3 is 2.83 bits per heavy atom. The number of nitrogens with zero attached hydrogens (tertiary/aromatic N) is 5. The van der Waals surface area contributed by atoms with Crippen LogP contribution in [0.3, 0.4) is 0 Å². The molecule has 15 heteroatoms. The Morgan fingerprint density at radius 1 is 1.17 bits per heavy atom. The number of benzene rings is 2. The Morgan fingerprint density at radius 2 is 2.06 bits per heavy atom. The Bertz CT molecular complexity index is 1850. The first kappa shape index (κ1) is 31.0. The number of carbonyl (C=O) groups is 2. The van der Waals surface area contributed by atoms with Gasteiger partial charge in [0, 0.05) is 43.6 Å². The molecule has 6 rings (SSSR count). The van der Waals surface area contributed by atoms with E-state index in [0.717, 1.165) is 29.8 Å². The highest BCUT2D eigenvalue weighted by Crippen LogP contribution is 2.40. The van der Waals surface area contributed by atoms with Crippen LogP contribution in [0.15, 0.2) is 53.9 Å². The molecule has 0 saturated carbocycles. The highest BCUT2D eigenvalue weighted by Gasteiger charge is 2.32. The van der Waals surface area contributed by atoms with Gasteiger partial charge >= 0.3 is 12.0 Å². The number of fused-ring (bicyclic) bond motifs is 1. The number of nitrogens with one attached hydrogen (secondary N) is 4. The van der Waals surface area contributed by atoms with Crippen LogP contribution in [-0.2, 0) is 27.2 Å². The summed E-state index contributed by atoms with van der Waals surface area (Å²) in [6, 6.07) is 11.4. The summed E-state index contributed by atoms with van der Waals surface area (Å²) in [6.45, 7) is 2.82. The van der Waals surface area contributed by atoms with E-state index >= 15 is 0 Å². The van der Waals surface area contributed by atoms with E-state index in [2.05, 4.69) is 46.9 Å². The molecular weight excluding hydrogens is 604 g/mol. The van der Waals surface area contributed by atoms with Gasteiger partial charge in [-0.05, 0) is 55.2 Å². The van der Waals surface area contributed by atoms with Gasteiger partial charge in [0.1, 0.15) is 23.6 Å². The van der Waals surface area contributed by atoms with Gasteiger partial charge in [0.25, 0.3) is 5.88 Å². The lowest BCUT2D eigenvalue weighted by molar-refractivity contribution is -0.143. The molecule has 2 aromatic carbocycles. The van der Waals surface area contributed by atoms with Crippen molar-refractivity contribution < 1.29 is 23.8 Å². The first-order chi connectivity index (χ1) is 22.9. The minimum atomic E-state index is -0.696. The van der Waals surface area contributed by atoms with E-state index < -0.39 is 6.04 Å². The molecule has 240 valence electrons. The van der Waals surface area contributed by atoms with Crippen LogP contribution in [0.1, 0.15) is 48.3 Å². The quantitative estimate of drug-likeness (QED) is 0.117. The van der Waals surface area contributed by atoms with E-state index in [9.17, 15) is 14.9 Å². The molecule has 15 nitrogen and oxygen atoms in total. The lowest BCUT2D eigenvalue weighted by atomic mass is 10.0. The second-order valence-electron chi connectivity index (χ2n) is 10.8. The molecule has 2 aromatic heterocycles. The zero-order valence-corrected chi connectivity index (χ0v) is 25.4. The third kappa shape index (κ3) is 7.45. The highest BCUT2D eigenvalue weighted by molar-refractivity contribution is 6.03. The maximum absolute atomic E-state index is 13.2. The Kier molecular flexibility index (Phi) is 9.21. The zero-order valence-electron chi connectivity index (χ0n) is 25.4. The summed E-state index contributed by atoms with van der Waals surface area (Å²) in [5.41, 5.74) is 9.31. The van der Waals surface area contributed by atoms with Crippen molar-refractivity contribution in [2.75, 3.05) is 29.5 Å². The van der Waals surface area contributed by atoms with E-state index in [1.165, 1.54) is 12.4 Å². The fourth-order valence-electron chi connectivity index (χ4n) is 5.11. The van der Waals surface area contributed by atoms with Crippen molar-refractivity contribution in [3.05, 3.63) is 71.3 Å². The number of nitrogens with two attached hydrogens (primary N) is 1. The molecule has 2 unspecified atom stereocenters. The summed E-state index contributed by atoms with van der Waals surface area (Å²) in [6.07, 6.45) is 6.42. The average Bonchev–Trinajstić information content (AvgIpc) is 3.59. The Balaban J connectivity index is 1.37. The number of H-pyrrole nitrogens is 1. The molecule has 2 atom stereocenters. The van der Waals surface area contributed by atoms with Crippen molar-refractivity contribution in [1.29, 1.82) is 5.26 Å². The van der Waals surface area contributed by atoms with E-state index in [4.69, 9.17) is 19.9 Å². The molecule has 47 heavy (non-hydrogen) atoms. The molecule has 0 radical (unpaired) electrons. The second kappa shape index (κ2) is 14.0. The fraction of sp³-hybridized carbons (Fsp3) is 0.281. The number of aryl methyl sites for hydroxylation is 1. The van der Waals surface area contributed by atoms with E-state index in [1.807, 2.05) is 18.3 Å². The molecule has 0 bridgehead atoms. The van der Waals surface area contributed by atoms with Gasteiger partial charge in [0.05, 0.1) is 30.3 Å². The van der Waals surface area contributed by atoms with E-state index in [1.54, 1.807) is 31.3 Å². The van der Waals surface area contributed by atoms with Crippen molar-refractivity contribution in [2.45, 2.75) is 44.8 Å². The summed E-state index contributed by atoms with van der Waals surface area (Å²) >= 11 is 0. The summed E-state index contributed by atoms with van der Waals surface area (Å²) < 4.78 is 17.5. The predicted octanol–water partition coefficient (Wildman–Crippen LogP) is 3.77. The van der Waals surface area contributed by atoms with Gasteiger partial charge in [0.15, 0.2) is 11.6 Å². The third-order valence-electron chi connectivity index (χ3n) is 7.36. The smallest absolute Gasteiger partial charge is 0.327 e. The molecule has 4 aromatic rings. The van der Waals surface area contributed by atoms with Crippen LogP contribution in [-0.4, -0.2) is 57.2 Å². The number of rotatable bonds is 11. The van der Waals surface area contributed by atoms with Crippen molar-refractivity contribution in [1.82, 2.24) is 25.3 Å². The SMILES string of the molecule is CCOC(=O)CCc1cc(Oc2nc(Oc3cc(C#N)ccc3N)nc3c2NC(=O)C(Cc2cnc[nH]2)N3)cc(C2N=CCCN2)c1. The number of aromatic amines is 1. The molecule has 0 spiro atoms. The number of imidazole rings is 1. The number of anilines is 3. The molecule has 0 aliphatic carbocycles. The lowest BCUT2D eigenvalue weighted by Crippen LogP contribution is -2.41. The Hall–Kier alpha value is -6.01. The summed E-state index contributed by atoms with van der Waals surface area (Å²) in [7, 11) is 0. The maximum Gasteiger partial charge on any atom is 0.327 e. The number of hydrogen-bond donors (Lipinski definition) is 5. The standard InChI is InChI=1S/C32H32N10O5/c1-2-45-26(43)7-5-18-10-20(28-36-8-3-9-37-28)13-22(11-18)46-31-27-29(39-24(30(44)40-27)14-21-16-35-17-38-21)41-32(42-31)47-25-12-19(15-33)4-6-23(25)34/h4,6,8,10-13,16-17,24,28,37H,2-3,5,7,9,14,34H2,1H3,(H,35,38)(H,40,44)(H,39,41,42). The van der Waals surface area contributed by atoms with Gasteiger partial charge in [-0.3, -0.25) is 19.9 Å². The number of amides is 1. The number of aromatic nitrogens is 4. The lowest BCUT2D eigenvalue weighted by Gasteiger charge is -2.27. The van der Waals surface area contributed by atoms with Gasteiger partial charge in [0.2, 0.25) is 5.91 Å². The van der Waals surface area contributed by atoms with Crippen molar-refractivity contribution in [3.63, 3.8) is 0 Å². The van der Waals surface area contributed by atoms with Crippen LogP contribution in [0.2, 0.25) is 0 Å². The first-order valence-corrected chi connectivity index (χ1v) is 15.0. The normalized spacial score (nSPS) is 16.7. The number of nitrogen functional groups attached to an aromatic ring is 1. The van der Waals surface area contributed by atoms with Crippen LogP contribution in [0.25, 0.3) is 0 Å². The summed E-state index contributed by atoms with van der Waals surface area (Å²) in [5.74, 6) is 0.170. The number of hydrogen-bond acceptors (Lipinski definition) is 13. The number of ether oxygens (including phenoxy) is 3. The second-order valence-corrected chi connectivity index (χ2v) is 10.8. The summed E-state index contributed by atoms with van der Waals surface area (Å²) in [5, 5.41) is 18.8. The fourth-order valence-corrected chi connectivity index (χ4v) is 5.11. The van der Waals surface area contributed by atoms with Crippen LogP contribution < -0.4 is 31.2 Å². The number of nitriles is 1. The van der Waals surface area contributed by atoms with Gasteiger partial charge in [-0.25, -0.2) is 4.98 Å². The molecular formula is C32H32N10O5. The summed E-state index contributed by atoms with van der Waals surface area (Å²) in [4.78, 5) is 46.0. The first-order valence-electron chi connectivity index (χ1n) is 15.0. The molecule has 6 N–H and O–H groups in total. The Labute approximate surface area is 269 Å². The molecule has 2 aliphatic heterocycles. The predicted molar refractivity (Wildman–Crippen MR) is 171 cm³/mol. The van der Waals surface area contributed by atoms with Gasteiger partial charge in [-0.2, -0.15) is 15.2 Å². The topological polar surface area (TPSA) is 215 Å². The maximum atomic E-state index is 13.2. The van der Waals surface area contributed by atoms with E-state index in [-0.39, 0.29) is 59.3 Å². The largest absolute Gasteiger partial charge is 0.466 e. The number of carbonyl (C=O) groups excluding carboxylic acids is 2. The third-order valence-corrected chi connectivity index (χ3v) is 7.36. The van der Waals surface area contributed by atoms with Crippen LogP contribution in [0.4, 0.5) is 17.2 Å². The number of aliphatic imine (C=N–C) groups is 1. The molecule has 2 aliphatic rings. The number of esters is 1. The van der Waals surface area contributed by atoms with Gasteiger partial charge in [-0.15, -0.1) is 0 Å². The van der Waals surface area contributed by atoms with Crippen LogP contribution in [0, 0.1) is 11.3 Å². The van der Waals surface area contributed by atoms with Crippen LogP contribution >= 0.6 is 0 Å². The highest BCUT2D eigenvalue weighted by atomic mass is 16.5. The minimum Gasteiger partial charge on any atom is -0.466 e. The monoisotopic (exact) mass is 636 g/mol. The van der Waals surface area contributed by atoms with E-state index in [0.29, 0.717) is 30.8 Å². The molecule has 4 heterocycles. The van der Waals surface area contributed by atoms with Crippen LogP contribution in [0.5, 0.6) is 23.4 Å². The van der Waals surface area contributed by atoms with Crippen molar-refractivity contribution in [3.8, 4) is 29.5 Å². The molecule has 0 fully saturated rings. The molecule has 0 saturated heterocycles. The van der Waals surface area contributed by atoms with Crippen molar-refractivity contribution in [2.24, 2.45) is 4.99 Å². The van der Waals surface area contributed by atoms with Gasteiger partial charge < -0.3 is 35.6 Å².